The second kappa shape index (κ2) is 15.8. The Labute approximate surface area is 269 Å². The van der Waals surface area contributed by atoms with E-state index in [4.69, 9.17) is 0 Å². The standard InChI is InChI=1S/C38H51N5O2/c1-8-11-24-43(38(45)40-34-30(26(4)5)19-13-20-31(34)27(6)7)35-33(32-21-14-22-39-36(32)41-37(35)44)29-18-12-16-28(25-29)17-15-23-42(9-2)10-3/h12-14,16,18-22,25-27H,8-11,15,17,23-24H2,1-7H3,(H,40,45)(H,39,41,44). The van der Waals surface area contributed by atoms with Gasteiger partial charge in [0.05, 0.1) is 0 Å². The number of hydrogen-bond acceptors (Lipinski definition) is 4. The summed E-state index contributed by atoms with van der Waals surface area (Å²) in [6, 6.07) is 18.2. The van der Waals surface area contributed by atoms with Crippen molar-refractivity contribution in [2.24, 2.45) is 0 Å². The van der Waals surface area contributed by atoms with Crippen LogP contribution in [0.15, 0.2) is 65.6 Å². The Balaban J connectivity index is 1.85. The Bertz CT molecular complexity index is 1610. The summed E-state index contributed by atoms with van der Waals surface area (Å²) in [4.78, 5) is 40.0. The molecular formula is C38H51N5O2. The summed E-state index contributed by atoms with van der Waals surface area (Å²) in [5.41, 5.74) is 6.40. The molecule has 0 fully saturated rings. The highest BCUT2D eigenvalue weighted by molar-refractivity contribution is 6.09. The molecule has 240 valence electrons. The van der Waals surface area contributed by atoms with Gasteiger partial charge in [0.15, 0.2) is 0 Å². The van der Waals surface area contributed by atoms with Crippen LogP contribution in [0.1, 0.15) is 96.3 Å². The van der Waals surface area contributed by atoms with Gasteiger partial charge in [0.25, 0.3) is 5.56 Å². The number of urea groups is 1. The fraction of sp³-hybridized carbons (Fsp3) is 0.447. The number of nitrogens with zero attached hydrogens (tertiary/aromatic N) is 3. The van der Waals surface area contributed by atoms with Crippen LogP contribution in [0.2, 0.25) is 0 Å². The first-order chi connectivity index (χ1) is 21.7. The molecule has 0 saturated carbocycles. The van der Waals surface area contributed by atoms with Crippen LogP contribution in [0.4, 0.5) is 16.2 Å². The van der Waals surface area contributed by atoms with Gasteiger partial charge in [0.1, 0.15) is 11.3 Å². The van der Waals surface area contributed by atoms with Gasteiger partial charge < -0.3 is 15.2 Å². The fourth-order valence-corrected chi connectivity index (χ4v) is 6.09. The van der Waals surface area contributed by atoms with E-state index < -0.39 is 0 Å². The topological polar surface area (TPSA) is 81.3 Å². The molecule has 0 aliphatic heterocycles. The molecule has 0 atom stereocenters. The van der Waals surface area contributed by atoms with Gasteiger partial charge in [-0.2, -0.15) is 0 Å². The van der Waals surface area contributed by atoms with E-state index >= 15 is 0 Å². The maximum absolute atomic E-state index is 14.4. The monoisotopic (exact) mass is 609 g/mol. The van der Waals surface area contributed by atoms with Gasteiger partial charge in [-0.3, -0.25) is 9.69 Å². The zero-order valence-corrected chi connectivity index (χ0v) is 28.2. The molecule has 7 nitrogen and oxygen atoms in total. The summed E-state index contributed by atoms with van der Waals surface area (Å²) < 4.78 is 0. The number of aromatic amines is 1. The Hall–Kier alpha value is -3.97. The van der Waals surface area contributed by atoms with E-state index in [0.717, 1.165) is 78.6 Å². The predicted molar refractivity (Wildman–Crippen MR) is 190 cm³/mol. The van der Waals surface area contributed by atoms with E-state index in [1.807, 2.05) is 18.2 Å². The van der Waals surface area contributed by atoms with E-state index in [0.29, 0.717) is 17.9 Å². The molecule has 0 radical (unpaired) electrons. The second-order valence-corrected chi connectivity index (χ2v) is 12.5. The molecule has 0 aliphatic carbocycles. The molecule has 0 bridgehead atoms. The summed E-state index contributed by atoms with van der Waals surface area (Å²) in [6.07, 6.45) is 5.31. The Morgan fingerprint density at radius 2 is 1.58 bits per heavy atom. The number of rotatable bonds is 14. The smallest absolute Gasteiger partial charge is 0.307 e. The maximum atomic E-state index is 14.4. The van der Waals surface area contributed by atoms with Crippen LogP contribution in [0.5, 0.6) is 0 Å². The Morgan fingerprint density at radius 1 is 0.889 bits per heavy atom. The zero-order valence-electron chi connectivity index (χ0n) is 28.2. The fourth-order valence-electron chi connectivity index (χ4n) is 6.09. The number of carbonyl (C=O) groups excluding carboxylic acids is 1. The van der Waals surface area contributed by atoms with E-state index in [2.05, 4.69) is 105 Å². The van der Waals surface area contributed by atoms with Crippen LogP contribution in [-0.4, -0.2) is 47.1 Å². The van der Waals surface area contributed by atoms with Crippen molar-refractivity contribution in [1.82, 2.24) is 14.9 Å². The van der Waals surface area contributed by atoms with Crippen molar-refractivity contribution < 1.29 is 4.79 Å². The van der Waals surface area contributed by atoms with Crippen LogP contribution in [0, 0.1) is 0 Å². The number of nitrogens with one attached hydrogen (secondary N) is 2. The highest BCUT2D eigenvalue weighted by Gasteiger charge is 2.27. The number of pyridine rings is 2. The molecule has 45 heavy (non-hydrogen) atoms. The summed E-state index contributed by atoms with van der Waals surface area (Å²) in [5.74, 6) is 0.441. The quantitative estimate of drug-likeness (QED) is 0.150. The number of amides is 2. The number of hydrogen-bond donors (Lipinski definition) is 2. The molecule has 0 saturated heterocycles. The van der Waals surface area contributed by atoms with E-state index in [-0.39, 0.29) is 23.4 Å². The first-order valence-electron chi connectivity index (χ1n) is 16.7. The van der Waals surface area contributed by atoms with Crippen molar-refractivity contribution in [2.75, 3.05) is 36.4 Å². The van der Waals surface area contributed by atoms with Crippen molar-refractivity contribution in [1.29, 1.82) is 0 Å². The molecule has 7 heteroatoms. The van der Waals surface area contributed by atoms with Crippen LogP contribution in [-0.2, 0) is 6.42 Å². The first kappa shape index (κ1) is 33.9. The van der Waals surface area contributed by atoms with Crippen LogP contribution in [0.3, 0.4) is 0 Å². The lowest BCUT2D eigenvalue weighted by Gasteiger charge is -2.28. The third-order valence-electron chi connectivity index (χ3n) is 8.67. The normalized spacial score (nSPS) is 11.6. The molecule has 0 spiro atoms. The third kappa shape index (κ3) is 8.01. The Kier molecular flexibility index (Phi) is 11.9. The minimum atomic E-state index is -0.324. The molecule has 2 heterocycles. The number of unbranched alkanes of at least 4 members (excludes halogenated alkanes) is 1. The summed E-state index contributed by atoms with van der Waals surface area (Å²) in [7, 11) is 0. The zero-order chi connectivity index (χ0) is 32.5. The number of aromatic nitrogens is 2. The SMILES string of the molecule is CCCCN(C(=O)Nc1c(C(C)C)cccc1C(C)C)c1c(-c2cccc(CCCN(CC)CC)c2)c2cccnc2[nH]c1=O. The molecule has 0 aliphatic rings. The predicted octanol–water partition coefficient (Wildman–Crippen LogP) is 8.95. The third-order valence-corrected chi connectivity index (χ3v) is 8.67. The lowest BCUT2D eigenvalue weighted by Crippen LogP contribution is -2.40. The highest BCUT2D eigenvalue weighted by atomic mass is 16.2. The van der Waals surface area contributed by atoms with Gasteiger partial charge in [-0.05, 0) is 85.1 Å². The van der Waals surface area contributed by atoms with Gasteiger partial charge in [-0.25, -0.2) is 9.78 Å². The highest BCUT2D eigenvalue weighted by Crippen LogP contribution is 2.37. The van der Waals surface area contributed by atoms with Gasteiger partial charge in [0, 0.05) is 29.4 Å². The van der Waals surface area contributed by atoms with Crippen LogP contribution in [0.25, 0.3) is 22.2 Å². The first-order valence-corrected chi connectivity index (χ1v) is 16.7. The van der Waals surface area contributed by atoms with Crippen molar-refractivity contribution >= 4 is 28.4 Å². The molecule has 2 aromatic heterocycles. The summed E-state index contributed by atoms with van der Waals surface area (Å²) in [5, 5.41) is 4.09. The maximum Gasteiger partial charge on any atom is 0.326 e. The summed E-state index contributed by atoms with van der Waals surface area (Å²) in [6.45, 7) is 18.6. The summed E-state index contributed by atoms with van der Waals surface area (Å²) >= 11 is 0. The average Bonchev–Trinajstić information content (AvgIpc) is 3.03. The van der Waals surface area contributed by atoms with Crippen molar-refractivity contribution in [3.05, 3.63) is 87.8 Å². The van der Waals surface area contributed by atoms with E-state index in [1.54, 1.807) is 11.1 Å². The largest absolute Gasteiger partial charge is 0.326 e. The Morgan fingerprint density at radius 3 is 2.22 bits per heavy atom. The van der Waals surface area contributed by atoms with Gasteiger partial charge in [-0.15, -0.1) is 0 Å². The van der Waals surface area contributed by atoms with Crippen LogP contribution < -0.4 is 15.8 Å². The number of H-pyrrole nitrogens is 1. The van der Waals surface area contributed by atoms with Crippen molar-refractivity contribution in [3.8, 4) is 11.1 Å². The molecule has 2 aromatic carbocycles. The number of fused-ring (bicyclic) bond motifs is 1. The van der Waals surface area contributed by atoms with Crippen molar-refractivity contribution in [3.63, 3.8) is 0 Å². The number of carbonyl (C=O) groups is 1. The minimum absolute atomic E-state index is 0.221. The van der Waals surface area contributed by atoms with Gasteiger partial charge in [0.2, 0.25) is 0 Å². The number of anilines is 2. The molecule has 0 unspecified atom stereocenters. The number of para-hydroxylation sites is 1. The average molecular weight is 610 g/mol. The molecule has 4 aromatic rings. The van der Waals surface area contributed by atoms with Crippen LogP contribution >= 0.6 is 0 Å². The van der Waals surface area contributed by atoms with E-state index in [9.17, 15) is 9.59 Å². The molecule has 2 amide bonds. The van der Waals surface area contributed by atoms with Gasteiger partial charge >= 0.3 is 6.03 Å². The number of benzene rings is 2. The molecule has 2 N–H and O–H groups in total. The van der Waals surface area contributed by atoms with E-state index in [1.165, 1.54) is 5.56 Å². The lowest BCUT2D eigenvalue weighted by atomic mass is 9.92. The lowest BCUT2D eigenvalue weighted by molar-refractivity contribution is 0.256. The second-order valence-electron chi connectivity index (χ2n) is 12.5. The molecule has 4 rings (SSSR count). The van der Waals surface area contributed by atoms with Crippen molar-refractivity contribution in [2.45, 2.75) is 86.0 Å². The molecular weight excluding hydrogens is 558 g/mol. The van der Waals surface area contributed by atoms with Gasteiger partial charge in [-0.1, -0.05) is 97.4 Å². The minimum Gasteiger partial charge on any atom is -0.307 e. The number of aryl methyl sites for hydroxylation is 1.